The fourth-order valence-corrected chi connectivity index (χ4v) is 1.28. The van der Waals surface area contributed by atoms with E-state index in [4.69, 9.17) is 10.5 Å². The molecule has 0 aliphatic carbocycles. The van der Waals surface area contributed by atoms with E-state index in [0.717, 1.165) is 0 Å². The van der Waals surface area contributed by atoms with Crippen LogP contribution in [0.1, 0.15) is 4.88 Å². The van der Waals surface area contributed by atoms with Crippen molar-refractivity contribution < 1.29 is 9.84 Å². The fourth-order valence-electron chi connectivity index (χ4n) is 0.565. The van der Waals surface area contributed by atoms with E-state index in [1.54, 1.807) is 5.38 Å². The van der Waals surface area contributed by atoms with Crippen LogP contribution in [0.3, 0.4) is 0 Å². The standard InChI is InChI=1S/C6H7NO2S/c1-9-6(7)5-4(8)2-3-10-5/h2-3,7-8H,1H3. The van der Waals surface area contributed by atoms with Gasteiger partial charge in [0.05, 0.1) is 7.11 Å². The molecule has 0 saturated carbocycles. The minimum atomic E-state index is 0.00694. The first-order valence-corrected chi connectivity index (χ1v) is 3.53. The van der Waals surface area contributed by atoms with Crippen LogP contribution in [-0.4, -0.2) is 18.1 Å². The maximum Gasteiger partial charge on any atom is 0.227 e. The van der Waals surface area contributed by atoms with E-state index in [-0.39, 0.29) is 11.6 Å². The van der Waals surface area contributed by atoms with Crippen LogP contribution in [-0.2, 0) is 4.74 Å². The summed E-state index contributed by atoms with van der Waals surface area (Å²) in [5.74, 6) is 0.115. The molecule has 54 valence electrons. The Balaban J connectivity index is 2.93. The summed E-state index contributed by atoms with van der Waals surface area (Å²) >= 11 is 1.28. The molecule has 1 rings (SSSR count). The fraction of sp³-hybridized carbons (Fsp3) is 0.167. The second-order valence-corrected chi connectivity index (χ2v) is 2.58. The average Bonchev–Trinajstić information content (AvgIpc) is 2.34. The lowest BCUT2D eigenvalue weighted by atomic mass is 10.4. The van der Waals surface area contributed by atoms with E-state index >= 15 is 0 Å². The van der Waals surface area contributed by atoms with Crippen LogP contribution in [0.4, 0.5) is 0 Å². The SMILES string of the molecule is COC(=N)c1sccc1O. The highest BCUT2D eigenvalue weighted by molar-refractivity contribution is 7.12. The van der Waals surface area contributed by atoms with E-state index in [2.05, 4.69) is 4.74 Å². The highest BCUT2D eigenvalue weighted by Crippen LogP contribution is 2.23. The molecule has 3 nitrogen and oxygen atoms in total. The summed E-state index contributed by atoms with van der Waals surface area (Å²) in [6.07, 6.45) is 0. The van der Waals surface area contributed by atoms with Crippen molar-refractivity contribution in [3.63, 3.8) is 0 Å². The summed E-state index contributed by atoms with van der Waals surface area (Å²) in [4.78, 5) is 0.475. The first-order valence-electron chi connectivity index (χ1n) is 2.65. The first-order chi connectivity index (χ1) is 4.75. The maximum absolute atomic E-state index is 9.04. The van der Waals surface area contributed by atoms with E-state index in [9.17, 15) is 0 Å². The summed E-state index contributed by atoms with van der Waals surface area (Å²) in [6.45, 7) is 0. The third-order valence-electron chi connectivity index (χ3n) is 1.05. The van der Waals surface area contributed by atoms with Crippen molar-refractivity contribution in [2.75, 3.05) is 7.11 Å². The Morgan fingerprint density at radius 1 is 1.80 bits per heavy atom. The van der Waals surface area contributed by atoms with Crippen molar-refractivity contribution in [2.24, 2.45) is 0 Å². The Morgan fingerprint density at radius 2 is 2.50 bits per heavy atom. The number of thiophene rings is 1. The smallest absolute Gasteiger partial charge is 0.227 e. The van der Waals surface area contributed by atoms with E-state index < -0.39 is 0 Å². The normalized spacial score (nSPS) is 9.30. The van der Waals surface area contributed by atoms with Gasteiger partial charge in [-0.15, -0.1) is 11.3 Å². The van der Waals surface area contributed by atoms with Gasteiger partial charge in [0.25, 0.3) is 0 Å². The van der Waals surface area contributed by atoms with Crippen molar-refractivity contribution in [1.82, 2.24) is 0 Å². The lowest BCUT2D eigenvalue weighted by molar-refractivity contribution is 0.398. The molecule has 1 aromatic rings. The number of ether oxygens (including phenoxy) is 1. The van der Waals surface area contributed by atoms with E-state index in [1.807, 2.05) is 0 Å². The maximum atomic E-state index is 9.04. The lowest BCUT2D eigenvalue weighted by Gasteiger charge is -1.97. The third kappa shape index (κ3) is 1.11. The summed E-state index contributed by atoms with van der Waals surface area (Å²) in [5, 5.41) is 17.9. The van der Waals surface area contributed by atoms with Crippen molar-refractivity contribution in [1.29, 1.82) is 5.41 Å². The van der Waals surface area contributed by atoms with Gasteiger partial charge >= 0.3 is 0 Å². The molecular formula is C6H7NO2S. The number of nitrogens with one attached hydrogen (secondary N) is 1. The van der Waals surface area contributed by atoms with Crippen LogP contribution >= 0.6 is 11.3 Å². The van der Waals surface area contributed by atoms with Gasteiger partial charge in [-0.1, -0.05) is 0 Å². The zero-order chi connectivity index (χ0) is 7.56. The number of aromatic hydroxyl groups is 1. The third-order valence-corrected chi connectivity index (χ3v) is 1.96. The quantitative estimate of drug-likeness (QED) is 0.478. The van der Waals surface area contributed by atoms with Crippen LogP contribution in [0.15, 0.2) is 11.4 Å². The van der Waals surface area contributed by atoms with Crippen LogP contribution in [0.2, 0.25) is 0 Å². The second-order valence-electron chi connectivity index (χ2n) is 1.67. The topological polar surface area (TPSA) is 53.3 Å². The molecule has 0 radical (unpaired) electrons. The Morgan fingerprint density at radius 3 is 2.90 bits per heavy atom. The largest absolute Gasteiger partial charge is 0.506 e. The minimum Gasteiger partial charge on any atom is -0.506 e. The molecular weight excluding hydrogens is 150 g/mol. The molecule has 0 spiro atoms. The van der Waals surface area contributed by atoms with Crippen molar-refractivity contribution in [2.45, 2.75) is 0 Å². The van der Waals surface area contributed by atoms with E-state index in [0.29, 0.717) is 4.88 Å². The molecule has 0 saturated heterocycles. The Bertz CT molecular complexity index is 244. The molecule has 0 fully saturated rings. The Kier molecular flexibility index (Phi) is 1.91. The molecule has 0 unspecified atom stereocenters. The summed E-state index contributed by atoms with van der Waals surface area (Å²) in [7, 11) is 1.40. The van der Waals surface area contributed by atoms with Gasteiger partial charge in [-0.05, 0) is 11.4 Å². The Hall–Kier alpha value is -1.03. The van der Waals surface area contributed by atoms with Crippen molar-refractivity contribution >= 4 is 17.2 Å². The van der Waals surface area contributed by atoms with Gasteiger partial charge in [-0.2, -0.15) is 0 Å². The van der Waals surface area contributed by atoms with Gasteiger partial charge in [-0.25, -0.2) is 0 Å². The predicted octanol–water partition coefficient (Wildman–Crippen LogP) is 1.43. The number of rotatable bonds is 1. The molecule has 0 amide bonds. The van der Waals surface area contributed by atoms with Crippen LogP contribution in [0.25, 0.3) is 0 Å². The first kappa shape index (κ1) is 7.08. The molecule has 0 aromatic carbocycles. The van der Waals surface area contributed by atoms with Crippen molar-refractivity contribution in [3.05, 3.63) is 16.3 Å². The molecule has 0 atom stereocenters. The molecule has 2 N–H and O–H groups in total. The molecule has 10 heavy (non-hydrogen) atoms. The average molecular weight is 157 g/mol. The highest BCUT2D eigenvalue weighted by atomic mass is 32.1. The van der Waals surface area contributed by atoms with Crippen molar-refractivity contribution in [3.8, 4) is 5.75 Å². The molecule has 0 aliphatic heterocycles. The van der Waals surface area contributed by atoms with Crippen LogP contribution in [0, 0.1) is 5.41 Å². The molecule has 4 heteroatoms. The van der Waals surface area contributed by atoms with Gasteiger partial charge in [0.1, 0.15) is 10.6 Å². The molecule has 1 aromatic heterocycles. The molecule has 0 aliphatic rings. The molecule has 0 bridgehead atoms. The second kappa shape index (κ2) is 2.70. The number of hydrogen-bond acceptors (Lipinski definition) is 4. The Labute approximate surface area is 62.4 Å². The van der Waals surface area contributed by atoms with E-state index in [1.165, 1.54) is 24.5 Å². The summed E-state index contributed by atoms with van der Waals surface area (Å²) < 4.78 is 4.61. The van der Waals surface area contributed by atoms with Gasteiger partial charge in [-0.3, -0.25) is 5.41 Å². The van der Waals surface area contributed by atoms with Crippen LogP contribution in [0.5, 0.6) is 5.75 Å². The van der Waals surface area contributed by atoms with Gasteiger partial charge in [0, 0.05) is 0 Å². The minimum absolute atomic E-state index is 0.00694. The predicted molar refractivity (Wildman–Crippen MR) is 39.8 cm³/mol. The molecule has 1 heterocycles. The summed E-state index contributed by atoms with van der Waals surface area (Å²) in [5.41, 5.74) is 0. The zero-order valence-electron chi connectivity index (χ0n) is 5.42. The number of methoxy groups -OCH3 is 1. The lowest BCUT2D eigenvalue weighted by Crippen LogP contribution is -1.97. The zero-order valence-corrected chi connectivity index (χ0v) is 6.23. The van der Waals surface area contributed by atoms with Gasteiger partial charge < -0.3 is 9.84 Å². The van der Waals surface area contributed by atoms with Gasteiger partial charge in [0.2, 0.25) is 5.90 Å². The summed E-state index contributed by atoms with van der Waals surface area (Å²) in [6, 6.07) is 1.54. The van der Waals surface area contributed by atoms with Crippen LogP contribution < -0.4 is 0 Å². The highest BCUT2D eigenvalue weighted by Gasteiger charge is 2.07. The monoisotopic (exact) mass is 157 g/mol. The van der Waals surface area contributed by atoms with Gasteiger partial charge in [0.15, 0.2) is 0 Å². The number of hydrogen-bond donors (Lipinski definition) is 2.